The number of halogens is 1. The summed E-state index contributed by atoms with van der Waals surface area (Å²) in [4.78, 5) is 0. The van der Waals surface area contributed by atoms with Crippen LogP contribution >= 0.6 is 12.2 Å². The molecule has 2 N–H and O–H groups in total. The summed E-state index contributed by atoms with van der Waals surface area (Å²) in [5.41, 5.74) is 3.38. The van der Waals surface area contributed by atoms with Gasteiger partial charge in [0, 0.05) is 18.8 Å². The second-order valence-corrected chi connectivity index (χ2v) is 6.23. The third-order valence-electron chi connectivity index (χ3n) is 3.71. The van der Waals surface area contributed by atoms with E-state index >= 15 is 0 Å². The smallest absolute Gasteiger partial charge is 0.172 e. The molecule has 128 valence electrons. The second kappa shape index (κ2) is 7.90. The summed E-state index contributed by atoms with van der Waals surface area (Å²) in [6.45, 7) is 3.29. The Morgan fingerprint density at radius 1 is 1.04 bits per heavy atom. The van der Waals surface area contributed by atoms with Crippen LogP contribution in [0.25, 0.3) is 0 Å². The van der Waals surface area contributed by atoms with Crippen LogP contribution in [0, 0.1) is 12.7 Å². The van der Waals surface area contributed by atoms with Crippen LogP contribution in [0.15, 0.2) is 60.8 Å². The lowest BCUT2D eigenvalue weighted by Gasteiger charge is -2.09. The van der Waals surface area contributed by atoms with Crippen LogP contribution in [0.5, 0.6) is 0 Å². The van der Waals surface area contributed by atoms with Gasteiger partial charge in [-0.15, -0.1) is 0 Å². The van der Waals surface area contributed by atoms with E-state index in [4.69, 9.17) is 12.2 Å². The van der Waals surface area contributed by atoms with Crippen LogP contribution in [-0.4, -0.2) is 14.9 Å². The van der Waals surface area contributed by atoms with Gasteiger partial charge in [0.2, 0.25) is 0 Å². The van der Waals surface area contributed by atoms with Crippen molar-refractivity contribution in [1.82, 2.24) is 15.1 Å². The molecule has 0 amide bonds. The summed E-state index contributed by atoms with van der Waals surface area (Å²) >= 11 is 5.30. The molecule has 0 bridgehead atoms. The first-order valence-electron chi connectivity index (χ1n) is 7.97. The van der Waals surface area contributed by atoms with E-state index in [1.54, 1.807) is 16.8 Å². The molecule has 4 nitrogen and oxygen atoms in total. The van der Waals surface area contributed by atoms with Crippen molar-refractivity contribution in [1.29, 1.82) is 0 Å². The van der Waals surface area contributed by atoms with Crippen molar-refractivity contribution in [3.63, 3.8) is 0 Å². The van der Waals surface area contributed by atoms with E-state index in [9.17, 15) is 4.39 Å². The van der Waals surface area contributed by atoms with Gasteiger partial charge >= 0.3 is 0 Å². The zero-order chi connectivity index (χ0) is 17.6. The zero-order valence-electron chi connectivity index (χ0n) is 13.9. The van der Waals surface area contributed by atoms with Crippen molar-refractivity contribution in [3.05, 3.63) is 83.3 Å². The third-order valence-corrected chi connectivity index (χ3v) is 3.96. The van der Waals surface area contributed by atoms with Gasteiger partial charge in [0.25, 0.3) is 0 Å². The highest BCUT2D eigenvalue weighted by Crippen LogP contribution is 2.08. The molecule has 0 aliphatic heterocycles. The highest BCUT2D eigenvalue weighted by Gasteiger charge is 2.03. The van der Waals surface area contributed by atoms with Gasteiger partial charge < -0.3 is 10.6 Å². The standard InChI is InChI=1S/C19H19FN4S/c1-14-2-4-15(5-3-14)12-21-19(25)22-18-10-11-24(23-18)13-16-6-8-17(20)9-7-16/h2-11H,12-13H2,1H3,(H2,21,22,23,25). The molecular weight excluding hydrogens is 335 g/mol. The van der Waals surface area contributed by atoms with Crippen molar-refractivity contribution in [2.75, 3.05) is 5.32 Å². The topological polar surface area (TPSA) is 41.9 Å². The Morgan fingerprint density at radius 2 is 1.72 bits per heavy atom. The molecule has 0 saturated carbocycles. The molecule has 0 fully saturated rings. The SMILES string of the molecule is Cc1ccc(CNC(=S)Nc2ccn(Cc3ccc(F)cc3)n2)cc1. The lowest BCUT2D eigenvalue weighted by atomic mass is 10.1. The molecule has 2 aromatic carbocycles. The lowest BCUT2D eigenvalue weighted by molar-refractivity contribution is 0.624. The van der Waals surface area contributed by atoms with Crippen LogP contribution in [0.3, 0.4) is 0 Å². The van der Waals surface area contributed by atoms with Crippen molar-refractivity contribution in [2.24, 2.45) is 0 Å². The minimum Gasteiger partial charge on any atom is -0.358 e. The summed E-state index contributed by atoms with van der Waals surface area (Å²) < 4.78 is 14.7. The molecular formula is C19H19FN4S. The summed E-state index contributed by atoms with van der Waals surface area (Å²) in [5.74, 6) is 0.431. The van der Waals surface area contributed by atoms with Crippen LogP contribution in [0.1, 0.15) is 16.7 Å². The van der Waals surface area contributed by atoms with Gasteiger partial charge in [-0.25, -0.2) is 4.39 Å². The maximum Gasteiger partial charge on any atom is 0.172 e. The molecule has 0 spiro atoms. The number of aromatic nitrogens is 2. The minimum atomic E-state index is -0.239. The van der Waals surface area contributed by atoms with Crippen LogP contribution in [0.4, 0.5) is 10.2 Å². The predicted octanol–water partition coefficient (Wildman–Crippen LogP) is 3.87. The number of nitrogens with zero attached hydrogens (tertiary/aromatic N) is 2. The summed E-state index contributed by atoms with van der Waals surface area (Å²) in [5, 5.41) is 11.2. The fraction of sp³-hybridized carbons (Fsp3) is 0.158. The highest BCUT2D eigenvalue weighted by atomic mass is 32.1. The van der Waals surface area contributed by atoms with E-state index in [2.05, 4.69) is 46.9 Å². The number of aryl methyl sites for hydroxylation is 1. The first-order chi connectivity index (χ1) is 12.1. The minimum absolute atomic E-state index is 0.239. The number of thiocarbonyl (C=S) groups is 1. The van der Waals surface area contributed by atoms with Crippen molar-refractivity contribution in [2.45, 2.75) is 20.0 Å². The lowest BCUT2D eigenvalue weighted by Crippen LogP contribution is -2.28. The number of rotatable bonds is 5. The first kappa shape index (κ1) is 17.1. The molecule has 0 saturated heterocycles. The predicted molar refractivity (Wildman–Crippen MR) is 102 cm³/mol. The molecule has 25 heavy (non-hydrogen) atoms. The Morgan fingerprint density at radius 3 is 2.44 bits per heavy atom. The van der Waals surface area contributed by atoms with Crippen molar-refractivity contribution in [3.8, 4) is 0 Å². The van der Waals surface area contributed by atoms with Gasteiger partial charge in [0.1, 0.15) is 5.82 Å². The molecule has 1 aromatic heterocycles. The molecule has 0 aliphatic carbocycles. The molecule has 3 rings (SSSR count). The van der Waals surface area contributed by atoms with E-state index in [1.165, 1.54) is 17.7 Å². The Labute approximate surface area is 151 Å². The van der Waals surface area contributed by atoms with Gasteiger partial charge in [-0.05, 0) is 42.4 Å². The fourth-order valence-electron chi connectivity index (χ4n) is 2.34. The highest BCUT2D eigenvalue weighted by molar-refractivity contribution is 7.80. The Kier molecular flexibility index (Phi) is 5.40. The first-order valence-corrected chi connectivity index (χ1v) is 8.37. The van der Waals surface area contributed by atoms with Gasteiger partial charge in [-0.2, -0.15) is 5.10 Å². The average molecular weight is 354 g/mol. The number of nitrogens with one attached hydrogen (secondary N) is 2. The van der Waals surface area contributed by atoms with Gasteiger partial charge in [0.15, 0.2) is 10.9 Å². The Bertz CT molecular complexity index is 841. The molecule has 6 heteroatoms. The van der Waals surface area contributed by atoms with Crippen molar-refractivity contribution >= 4 is 23.1 Å². The number of hydrogen-bond donors (Lipinski definition) is 2. The Hall–Kier alpha value is -2.73. The van der Waals surface area contributed by atoms with E-state index in [-0.39, 0.29) is 5.82 Å². The quantitative estimate of drug-likeness (QED) is 0.683. The molecule has 0 radical (unpaired) electrons. The van der Waals surface area contributed by atoms with Crippen molar-refractivity contribution < 1.29 is 4.39 Å². The van der Waals surface area contributed by atoms with E-state index in [0.717, 1.165) is 11.1 Å². The average Bonchev–Trinajstić information content (AvgIpc) is 3.03. The van der Waals surface area contributed by atoms with Crippen LogP contribution < -0.4 is 10.6 Å². The summed E-state index contributed by atoms with van der Waals surface area (Å²) in [6, 6.07) is 16.5. The molecule has 1 heterocycles. The zero-order valence-corrected chi connectivity index (χ0v) is 14.7. The van der Waals surface area contributed by atoms with E-state index in [1.807, 2.05) is 12.3 Å². The summed E-state index contributed by atoms with van der Waals surface area (Å²) in [6.07, 6.45) is 1.86. The number of hydrogen-bond acceptors (Lipinski definition) is 2. The number of anilines is 1. The normalized spacial score (nSPS) is 10.5. The number of benzene rings is 2. The summed E-state index contributed by atoms with van der Waals surface area (Å²) in [7, 11) is 0. The van der Waals surface area contributed by atoms with Crippen LogP contribution in [-0.2, 0) is 13.1 Å². The second-order valence-electron chi connectivity index (χ2n) is 5.82. The molecule has 3 aromatic rings. The Balaban J connectivity index is 1.51. The molecule has 0 aliphatic rings. The maximum atomic E-state index is 12.9. The monoisotopic (exact) mass is 354 g/mol. The van der Waals surface area contributed by atoms with Gasteiger partial charge in [-0.3, -0.25) is 4.68 Å². The maximum absolute atomic E-state index is 12.9. The van der Waals surface area contributed by atoms with Gasteiger partial charge in [-0.1, -0.05) is 42.0 Å². The fourth-order valence-corrected chi connectivity index (χ4v) is 2.52. The molecule has 0 atom stereocenters. The molecule has 0 unspecified atom stereocenters. The van der Waals surface area contributed by atoms with E-state index in [0.29, 0.717) is 24.0 Å². The van der Waals surface area contributed by atoms with E-state index < -0.39 is 0 Å². The van der Waals surface area contributed by atoms with Crippen LogP contribution in [0.2, 0.25) is 0 Å². The van der Waals surface area contributed by atoms with Gasteiger partial charge in [0.05, 0.1) is 6.54 Å². The third kappa shape index (κ3) is 5.12. The largest absolute Gasteiger partial charge is 0.358 e.